The first-order chi connectivity index (χ1) is 9.89. The van der Waals surface area contributed by atoms with Crippen LogP contribution in [-0.4, -0.2) is 23.3 Å². The summed E-state index contributed by atoms with van der Waals surface area (Å²) in [4.78, 5) is 4.37. The molecule has 3 nitrogen and oxygen atoms in total. The summed E-state index contributed by atoms with van der Waals surface area (Å²) in [7, 11) is -0.318. The number of hydrogen-bond donors (Lipinski definition) is 0. The lowest BCUT2D eigenvalue weighted by atomic mass is 9.89. The number of rotatable bonds is 2. The highest BCUT2D eigenvalue weighted by Gasteiger charge is 2.49. The van der Waals surface area contributed by atoms with Crippen LogP contribution in [-0.2, 0) is 9.31 Å². The van der Waals surface area contributed by atoms with Gasteiger partial charge in [0.25, 0.3) is 0 Å². The van der Waals surface area contributed by atoms with Crippen molar-refractivity contribution < 1.29 is 9.31 Å². The van der Waals surface area contributed by atoms with Gasteiger partial charge in [-0.3, -0.25) is 4.98 Å². The second-order valence-corrected chi connectivity index (χ2v) is 6.40. The van der Waals surface area contributed by atoms with Gasteiger partial charge in [0.2, 0.25) is 0 Å². The number of benzene rings is 1. The maximum atomic E-state index is 5.97. The lowest BCUT2D eigenvalue weighted by Gasteiger charge is -2.32. The molecule has 2 heterocycles. The first-order valence-electron chi connectivity index (χ1n) is 7.27. The number of pyridine rings is 1. The zero-order valence-electron chi connectivity index (χ0n) is 13.0. The molecule has 3 rings (SSSR count). The van der Waals surface area contributed by atoms with Crippen molar-refractivity contribution in [1.82, 2.24) is 4.98 Å². The highest BCUT2D eigenvalue weighted by molar-refractivity contribution is 6.52. The summed E-state index contributed by atoms with van der Waals surface area (Å²) in [5.74, 6) is 1.97. The average molecular weight is 281 g/mol. The van der Waals surface area contributed by atoms with Crippen LogP contribution in [0.5, 0.6) is 0 Å². The Balaban J connectivity index is 1.87. The van der Waals surface area contributed by atoms with Gasteiger partial charge in [-0.25, -0.2) is 0 Å². The largest absolute Gasteiger partial charge is 0.487 e. The number of hydrogen-bond acceptors (Lipinski definition) is 3. The van der Waals surface area contributed by atoms with Crippen molar-refractivity contribution in [3.8, 4) is 0 Å². The van der Waals surface area contributed by atoms with Crippen molar-refractivity contribution in [1.29, 1.82) is 0 Å². The van der Waals surface area contributed by atoms with Crippen molar-refractivity contribution in [3.05, 3.63) is 48.1 Å². The number of aromatic nitrogens is 1. The molecule has 0 N–H and O–H groups in total. The highest BCUT2D eigenvalue weighted by atomic mass is 16.7. The van der Waals surface area contributed by atoms with Crippen LogP contribution in [0.25, 0.3) is 17.0 Å². The van der Waals surface area contributed by atoms with Crippen LogP contribution < -0.4 is 0 Å². The minimum atomic E-state index is -0.318. The highest BCUT2D eigenvalue weighted by Crippen LogP contribution is 2.37. The molecule has 1 aromatic heterocycles. The standard InChI is InChI=1S/C17H20BNO2/c1-16(2)17(3,4)21-18(20-16)11-9-13-10-12-19-15-8-6-5-7-14(13)15/h5-12H,1-4H3/b11-9+. The van der Waals surface area contributed by atoms with Gasteiger partial charge in [0, 0.05) is 11.6 Å². The zero-order valence-corrected chi connectivity index (χ0v) is 13.0. The van der Waals surface area contributed by atoms with Crippen molar-refractivity contribution in [2.75, 3.05) is 0 Å². The Kier molecular flexibility index (Phi) is 3.38. The molecule has 0 radical (unpaired) electrons. The minimum Gasteiger partial charge on any atom is -0.400 e. The van der Waals surface area contributed by atoms with Crippen LogP contribution in [0, 0.1) is 0 Å². The summed E-state index contributed by atoms with van der Waals surface area (Å²) >= 11 is 0. The third kappa shape index (κ3) is 2.61. The van der Waals surface area contributed by atoms with Crippen molar-refractivity contribution in [2.45, 2.75) is 38.9 Å². The van der Waals surface area contributed by atoms with E-state index in [-0.39, 0.29) is 18.3 Å². The molecule has 0 aliphatic carbocycles. The van der Waals surface area contributed by atoms with Crippen LogP contribution in [0.1, 0.15) is 33.3 Å². The van der Waals surface area contributed by atoms with Crippen LogP contribution in [0.15, 0.2) is 42.5 Å². The van der Waals surface area contributed by atoms with Crippen LogP contribution in [0.4, 0.5) is 0 Å². The lowest BCUT2D eigenvalue weighted by Crippen LogP contribution is -2.41. The van der Waals surface area contributed by atoms with Gasteiger partial charge in [0.1, 0.15) is 0 Å². The Morgan fingerprint density at radius 3 is 2.38 bits per heavy atom. The number of nitrogens with zero attached hydrogens (tertiary/aromatic N) is 1. The topological polar surface area (TPSA) is 31.4 Å². The molecular weight excluding hydrogens is 261 g/mol. The molecule has 0 saturated carbocycles. The molecule has 108 valence electrons. The summed E-state index contributed by atoms with van der Waals surface area (Å²) < 4.78 is 11.9. The van der Waals surface area contributed by atoms with Gasteiger partial charge in [-0.05, 0) is 45.4 Å². The van der Waals surface area contributed by atoms with Gasteiger partial charge in [-0.2, -0.15) is 0 Å². The summed E-state index contributed by atoms with van der Waals surface area (Å²) in [5, 5.41) is 1.13. The van der Waals surface area contributed by atoms with E-state index in [1.807, 2.05) is 42.5 Å². The Morgan fingerprint density at radius 2 is 1.67 bits per heavy atom. The lowest BCUT2D eigenvalue weighted by molar-refractivity contribution is 0.00578. The fourth-order valence-corrected chi connectivity index (χ4v) is 2.41. The van der Waals surface area contributed by atoms with Crippen LogP contribution in [0.3, 0.4) is 0 Å². The van der Waals surface area contributed by atoms with Gasteiger partial charge in [-0.15, -0.1) is 0 Å². The molecular formula is C17H20BNO2. The molecule has 4 heteroatoms. The summed E-state index contributed by atoms with van der Waals surface area (Å²) in [6, 6.07) is 10.1. The molecule has 1 aromatic carbocycles. The van der Waals surface area contributed by atoms with E-state index in [0.717, 1.165) is 16.5 Å². The monoisotopic (exact) mass is 281 g/mol. The average Bonchev–Trinajstić information content (AvgIpc) is 2.64. The zero-order chi connectivity index (χ0) is 15.1. The third-order valence-electron chi connectivity index (χ3n) is 4.39. The van der Waals surface area contributed by atoms with Gasteiger partial charge < -0.3 is 9.31 Å². The molecule has 1 aliphatic heterocycles. The molecule has 0 spiro atoms. The Bertz CT molecular complexity index is 673. The van der Waals surface area contributed by atoms with Crippen molar-refractivity contribution >= 4 is 24.1 Å². The molecule has 1 saturated heterocycles. The van der Waals surface area contributed by atoms with Crippen molar-refractivity contribution in [3.63, 3.8) is 0 Å². The van der Waals surface area contributed by atoms with Gasteiger partial charge in [-0.1, -0.05) is 30.3 Å². The van der Waals surface area contributed by atoms with E-state index in [4.69, 9.17) is 9.31 Å². The maximum Gasteiger partial charge on any atom is 0.487 e. The molecule has 0 amide bonds. The van der Waals surface area contributed by atoms with Crippen LogP contribution >= 0.6 is 0 Å². The van der Waals surface area contributed by atoms with Crippen LogP contribution in [0.2, 0.25) is 0 Å². The fourth-order valence-electron chi connectivity index (χ4n) is 2.41. The fraction of sp³-hybridized carbons (Fsp3) is 0.353. The SMILES string of the molecule is CC1(C)OB(/C=C/c2ccnc3ccccc23)OC1(C)C. The van der Waals surface area contributed by atoms with Gasteiger partial charge >= 0.3 is 7.12 Å². The molecule has 0 unspecified atom stereocenters. The summed E-state index contributed by atoms with van der Waals surface area (Å²) in [6.07, 6.45) is 3.87. The minimum absolute atomic E-state index is 0.303. The Labute approximate surface area is 126 Å². The second kappa shape index (κ2) is 4.97. The van der Waals surface area contributed by atoms with E-state index in [0.29, 0.717) is 0 Å². The van der Waals surface area contributed by atoms with Gasteiger partial charge in [0.05, 0.1) is 16.7 Å². The molecule has 0 atom stereocenters. The van der Waals surface area contributed by atoms with E-state index >= 15 is 0 Å². The quantitative estimate of drug-likeness (QED) is 0.783. The van der Waals surface area contributed by atoms with E-state index in [1.165, 1.54) is 0 Å². The number of fused-ring (bicyclic) bond motifs is 1. The van der Waals surface area contributed by atoms with E-state index in [2.05, 4.69) is 38.7 Å². The normalized spacial score (nSPS) is 20.5. The first kappa shape index (κ1) is 14.3. The molecule has 21 heavy (non-hydrogen) atoms. The Morgan fingerprint density at radius 1 is 1.00 bits per heavy atom. The Hall–Kier alpha value is -1.65. The van der Waals surface area contributed by atoms with E-state index in [9.17, 15) is 0 Å². The summed E-state index contributed by atoms with van der Waals surface area (Å²) in [5.41, 5.74) is 1.51. The maximum absolute atomic E-state index is 5.97. The predicted molar refractivity (Wildman–Crippen MR) is 86.9 cm³/mol. The predicted octanol–water partition coefficient (Wildman–Crippen LogP) is 3.88. The van der Waals surface area contributed by atoms with Crippen molar-refractivity contribution in [2.24, 2.45) is 0 Å². The summed E-state index contributed by atoms with van der Waals surface area (Å²) in [6.45, 7) is 8.23. The van der Waals surface area contributed by atoms with E-state index in [1.54, 1.807) is 0 Å². The smallest absolute Gasteiger partial charge is 0.400 e. The molecule has 2 aromatic rings. The molecule has 1 aliphatic rings. The van der Waals surface area contributed by atoms with Gasteiger partial charge in [0.15, 0.2) is 0 Å². The third-order valence-corrected chi connectivity index (χ3v) is 4.39. The molecule has 0 bridgehead atoms. The first-order valence-corrected chi connectivity index (χ1v) is 7.27. The van der Waals surface area contributed by atoms with E-state index < -0.39 is 0 Å². The molecule has 1 fully saturated rings. The second-order valence-electron chi connectivity index (χ2n) is 6.40. The number of para-hydroxylation sites is 1.